The Morgan fingerprint density at radius 2 is 1.62 bits per heavy atom. The summed E-state index contributed by atoms with van der Waals surface area (Å²) < 4.78 is 18.6. The number of nitrogens with zero attached hydrogens (tertiary/aromatic N) is 2. The van der Waals surface area contributed by atoms with Gasteiger partial charge in [-0.25, -0.2) is 4.98 Å². The van der Waals surface area contributed by atoms with E-state index in [1.165, 1.54) is 0 Å². The van der Waals surface area contributed by atoms with Gasteiger partial charge < -0.3 is 29.2 Å². The number of carbonyl (C=O) groups excluding carboxylic acids is 1. The zero-order valence-electron chi connectivity index (χ0n) is 22.4. The predicted molar refractivity (Wildman–Crippen MR) is 152 cm³/mol. The van der Waals surface area contributed by atoms with Crippen LogP contribution in [0.25, 0.3) is 33.1 Å². The van der Waals surface area contributed by atoms with E-state index in [1.807, 2.05) is 49.6 Å². The highest BCUT2D eigenvalue weighted by atomic mass is 16.5. The first-order chi connectivity index (χ1) is 19.0. The highest BCUT2D eigenvalue weighted by Crippen LogP contribution is 2.41. The van der Waals surface area contributed by atoms with E-state index in [0.717, 1.165) is 16.5 Å². The molecule has 2 N–H and O–H groups in total. The van der Waals surface area contributed by atoms with Gasteiger partial charge in [-0.2, -0.15) is 0 Å². The molecule has 0 aliphatic heterocycles. The molecule has 5 rings (SSSR count). The standard InChI is InChI=1S/C31H31N3O5/c1-34-17-20(22-9-6-8-12-27(22)34)13-21(18-35)32-31(36)24-16-26(33-25-11-7-5-10-23(24)25)19-14-28(37-2)30(39-4)29(15-19)38-3/h5-12,14-17,21,35H,13,18H2,1-4H3,(H,32,36)/t21-/m1/s1. The van der Waals surface area contributed by atoms with E-state index >= 15 is 0 Å². The summed E-state index contributed by atoms with van der Waals surface area (Å²) in [7, 11) is 6.65. The summed E-state index contributed by atoms with van der Waals surface area (Å²) in [5, 5.41) is 15.1. The Bertz CT molecular complexity index is 1630. The van der Waals surface area contributed by atoms with Gasteiger partial charge in [-0.15, -0.1) is 0 Å². The van der Waals surface area contributed by atoms with Gasteiger partial charge in [-0.05, 0) is 42.3 Å². The van der Waals surface area contributed by atoms with Crippen molar-refractivity contribution in [2.75, 3.05) is 27.9 Å². The zero-order valence-corrected chi connectivity index (χ0v) is 22.4. The lowest BCUT2D eigenvalue weighted by molar-refractivity contribution is 0.0918. The van der Waals surface area contributed by atoms with Gasteiger partial charge in [0, 0.05) is 35.1 Å². The lowest BCUT2D eigenvalue weighted by Crippen LogP contribution is -2.39. The molecule has 0 saturated heterocycles. The summed E-state index contributed by atoms with van der Waals surface area (Å²) >= 11 is 0. The average molecular weight is 526 g/mol. The Morgan fingerprint density at radius 3 is 2.28 bits per heavy atom. The molecule has 0 saturated carbocycles. The van der Waals surface area contributed by atoms with Gasteiger partial charge in [0.05, 0.1) is 50.8 Å². The molecule has 0 unspecified atom stereocenters. The number of aliphatic hydroxyl groups is 1. The molecular formula is C31H31N3O5. The molecule has 0 aliphatic rings. The van der Waals surface area contributed by atoms with Gasteiger partial charge in [0.15, 0.2) is 11.5 Å². The summed E-state index contributed by atoms with van der Waals surface area (Å²) in [4.78, 5) is 18.5. The number of aliphatic hydroxyl groups excluding tert-OH is 1. The first kappa shape index (κ1) is 26.1. The molecule has 0 radical (unpaired) electrons. The van der Waals surface area contributed by atoms with Crippen molar-refractivity contribution in [2.24, 2.45) is 7.05 Å². The summed E-state index contributed by atoms with van der Waals surface area (Å²) in [6, 6.07) is 20.5. The topological polar surface area (TPSA) is 94.8 Å². The van der Waals surface area contributed by atoms with Gasteiger partial charge in [0.2, 0.25) is 5.75 Å². The van der Waals surface area contributed by atoms with Crippen LogP contribution in [0.15, 0.2) is 72.9 Å². The van der Waals surface area contributed by atoms with Crippen LogP contribution >= 0.6 is 0 Å². The van der Waals surface area contributed by atoms with Crippen molar-refractivity contribution in [3.05, 3.63) is 84.1 Å². The molecule has 3 aromatic carbocycles. The molecule has 200 valence electrons. The number of benzene rings is 3. The van der Waals surface area contributed by atoms with Crippen molar-refractivity contribution in [1.82, 2.24) is 14.9 Å². The molecule has 2 aromatic heterocycles. The maximum absolute atomic E-state index is 13.7. The van der Waals surface area contributed by atoms with E-state index in [4.69, 9.17) is 19.2 Å². The zero-order chi connectivity index (χ0) is 27.5. The highest BCUT2D eigenvalue weighted by molar-refractivity contribution is 6.07. The normalized spacial score (nSPS) is 11.9. The number of methoxy groups -OCH3 is 3. The summed E-state index contributed by atoms with van der Waals surface area (Å²) in [5.74, 6) is 1.16. The fraction of sp³-hybridized carbons (Fsp3) is 0.226. The van der Waals surface area contributed by atoms with Gasteiger partial charge in [0.25, 0.3) is 5.91 Å². The van der Waals surface area contributed by atoms with Crippen LogP contribution in [0.2, 0.25) is 0 Å². The number of pyridine rings is 1. The molecule has 5 aromatic rings. The van der Waals surface area contributed by atoms with E-state index in [2.05, 4.69) is 22.0 Å². The first-order valence-electron chi connectivity index (χ1n) is 12.6. The second-order valence-corrected chi connectivity index (χ2v) is 9.33. The fourth-order valence-corrected chi connectivity index (χ4v) is 5.02. The maximum atomic E-state index is 13.7. The Balaban J connectivity index is 1.52. The van der Waals surface area contributed by atoms with Crippen LogP contribution in [-0.2, 0) is 13.5 Å². The number of carbonyl (C=O) groups is 1. The fourth-order valence-electron chi connectivity index (χ4n) is 5.02. The van der Waals surface area contributed by atoms with Crippen molar-refractivity contribution in [1.29, 1.82) is 0 Å². The van der Waals surface area contributed by atoms with Crippen LogP contribution in [0.4, 0.5) is 0 Å². The number of nitrogens with one attached hydrogen (secondary N) is 1. The van der Waals surface area contributed by atoms with E-state index in [1.54, 1.807) is 39.5 Å². The maximum Gasteiger partial charge on any atom is 0.252 e. The van der Waals surface area contributed by atoms with Gasteiger partial charge in [-0.3, -0.25) is 4.79 Å². The number of hydrogen-bond donors (Lipinski definition) is 2. The summed E-state index contributed by atoms with van der Waals surface area (Å²) in [6.07, 6.45) is 2.54. The Hall–Kier alpha value is -4.56. The quantitative estimate of drug-likeness (QED) is 0.288. The van der Waals surface area contributed by atoms with E-state index < -0.39 is 6.04 Å². The lowest BCUT2D eigenvalue weighted by atomic mass is 10.0. The van der Waals surface area contributed by atoms with Crippen molar-refractivity contribution in [3.8, 4) is 28.5 Å². The molecule has 8 nitrogen and oxygen atoms in total. The minimum atomic E-state index is -0.472. The number of aromatic nitrogens is 2. The smallest absolute Gasteiger partial charge is 0.252 e. The largest absolute Gasteiger partial charge is 0.493 e. The first-order valence-corrected chi connectivity index (χ1v) is 12.6. The number of rotatable bonds is 9. The Kier molecular flexibility index (Phi) is 7.38. The Morgan fingerprint density at radius 1 is 0.949 bits per heavy atom. The molecular weight excluding hydrogens is 494 g/mol. The number of ether oxygens (including phenoxy) is 3. The second-order valence-electron chi connectivity index (χ2n) is 9.33. The third-order valence-electron chi connectivity index (χ3n) is 6.92. The molecule has 39 heavy (non-hydrogen) atoms. The molecule has 0 spiro atoms. The van der Waals surface area contributed by atoms with Crippen LogP contribution in [-0.4, -0.2) is 54.5 Å². The van der Waals surface area contributed by atoms with Crippen LogP contribution in [0.1, 0.15) is 15.9 Å². The van der Waals surface area contributed by atoms with Crippen molar-refractivity contribution < 1.29 is 24.1 Å². The van der Waals surface area contributed by atoms with Crippen LogP contribution in [0.5, 0.6) is 17.2 Å². The van der Waals surface area contributed by atoms with Crippen molar-refractivity contribution in [3.63, 3.8) is 0 Å². The molecule has 8 heteroatoms. The van der Waals surface area contributed by atoms with Crippen LogP contribution < -0.4 is 19.5 Å². The SMILES string of the molecule is COc1cc(-c2cc(C(=O)N[C@@H](CO)Cc3cn(C)c4ccccc34)c3ccccc3n2)cc(OC)c1OC. The summed E-state index contributed by atoms with van der Waals surface area (Å²) in [5.41, 5.74) is 4.58. The molecule has 0 bridgehead atoms. The number of hydrogen-bond acceptors (Lipinski definition) is 6. The van der Waals surface area contributed by atoms with E-state index in [9.17, 15) is 9.90 Å². The monoisotopic (exact) mass is 525 g/mol. The van der Waals surface area contributed by atoms with E-state index in [0.29, 0.717) is 51.4 Å². The van der Waals surface area contributed by atoms with Gasteiger partial charge >= 0.3 is 0 Å². The van der Waals surface area contributed by atoms with Gasteiger partial charge in [-0.1, -0.05) is 36.4 Å². The minimum Gasteiger partial charge on any atom is -0.493 e. The average Bonchev–Trinajstić information content (AvgIpc) is 3.29. The highest BCUT2D eigenvalue weighted by Gasteiger charge is 2.21. The summed E-state index contributed by atoms with van der Waals surface area (Å²) in [6.45, 7) is -0.197. The lowest BCUT2D eigenvalue weighted by Gasteiger charge is -2.18. The molecule has 0 aliphatic carbocycles. The molecule has 1 atom stereocenters. The third kappa shape index (κ3) is 4.98. The Labute approximate surface area is 226 Å². The minimum absolute atomic E-state index is 0.197. The van der Waals surface area contributed by atoms with Crippen molar-refractivity contribution in [2.45, 2.75) is 12.5 Å². The number of fused-ring (bicyclic) bond motifs is 2. The number of amides is 1. The number of para-hydroxylation sites is 2. The molecule has 0 fully saturated rings. The third-order valence-corrected chi connectivity index (χ3v) is 6.92. The number of aryl methyl sites for hydroxylation is 1. The predicted octanol–water partition coefficient (Wildman–Crippen LogP) is 4.75. The van der Waals surface area contributed by atoms with Crippen molar-refractivity contribution >= 4 is 27.7 Å². The van der Waals surface area contributed by atoms with E-state index in [-0.39, 0.29) is 12.5 Å². The second kappa shape index (κ2) is 11.0. The van der Waals surface area contributed by atoms with Crippen LogP contribution in [0, 0.1) is 0 Å². The van der Waals surface area contributed by atoms with Crippen LogP contribution in [0.3, 0.4) is 0 Å². The van der Waals surface area contributed by atoms with Gasteiger partial charge in [0.1, 0.15) is 0 Å². The molecule has 2 heterocycles. The molecule has 1 amide bonds.